The molecule has 0 spiro atoms. The maximum Gasteiger partial charge on any atom is 0.156 e. The van der Waals surface area contributed by atoms with E-state index in [1.807, 2.05) is 0 Å². The fraction of sp³-hybridized carbons (Fsp3) is 0.500. The second-order valence-electron chi connectivity index (χ2n) is 4.28. The van der Waals surface area contributed by atoms with Crippen molar-refractivity contribution in [1.82, 2.24) is 0 Å². The molecule has 2 N–H and O–H groups in total. The first-order chi connectivity index (χ1) is 8.10. The third-order valence-electron chi connectivity index (χ3n) is 2.87. The van der Waals surface area contributed by atoms with Crippen molar-refractivity contribution < 1.29 is 17.9 Å². The van der Waals surface area contributed by atoms with Gasteiger partial charge >= 0.3 is 0 Å². The van der Waals surface area contributed by atoms with E-state index in [9.17, 15) is 13.2 Å². The molecule has 0 radical (unpaired) electrons. The third kappa shape index (κ3) is 2.72. The summed E-state index contributed by atoms with van der Waals surface area (Å²) in [5, 5.41) is 0. The van der Waals surface area contributed by atoms with Crippen molar-refractivity contribution in [2.24, 2.45) is 5.73 Å². The summed E-state index contributed by atoms with van der Waals surface area (Å²) in [6, 6.07) is 3.85. The van der Waals surface area contributed by atoms with E-state index in [1.54, 1.807) is 0 Å². The molecule has 0 saturated heterocycles. The Labute approximate surface area is 97.6 Å². The number of nitrogens with two attached hydrogens (primary N) is 1. The second-order valence-corrected chi connectivity index (χ2v) is 4.28. The highest BCUT2D eigenvalue weighted by molar-refractivity contribution is 5.31. The molecule has 2 nitrogen and oxygen atoms in total. The van der Waals surface area contributed by atoms with Gasteiger partial charge in [0, 0.05) is 11.6 Å². The van der Waals surface area contributed by atoms with Crippen LogP contribution in [0.3, 0.4) is 0 Å². The molecule has 0 aromatic heterocycles. The smallest absolute Gasteiger partial charge is 0.156 e. The monoisotopic (exact) mass is 245 g/mol. The van der Waals surface area contributed by atoms with Crippen LogP contribution in [0.15, 0.2) is 18.2 Å². The lowest BCUT2D eigenvalue weighted by Gasteiger charge is -2.32. The molecule has 1 aromatic rings. The molecule has 1 fully saturated rings. The van der Waals surface area contributed by atoms with Gasteiger partial charge in [-0.3, -0.25) is 0 Å². The number of rotatable bonds is 4. The lowest BCUT2D eigenvalue weighted by atomic mass is 9.90. The standard InChI is InChI=1S/C12H14F3NO/c13-6-12(15)10-5-8(1-2-11(10)14)17-9-3-7(16)4-9/h1-2,5,7,9,12H,3-4,6,16H2/t7?,9?,12-/m0/s1. The van der Waals surface area contributed by atoms with E-state index >= 15 is 0 Å². The second kappa shape index (κ2) is 4.96. The van der Waals surface area contributed by atoms with Gasteiger partial charge in [-0.05, 0) is 31.0 Å². The molecule has 1 atom stereocenters. The molecule has 0 amide bonds. The van der Waals surface area contributed by atoms with Crippen LogP contribution in [-0.2, 0) is 0 Å². The van der Waals surface area contributed by atoms with Crippen molar-refractivity contribution in [2.75, 3.05) is 6.67 Å². The maximum atomic E-state index is 13.2. The summed E-state index contributed by atoms with van der Waals surface area (Å²) < 4.78 is 44.0. The van der Waals surface area contributed by atoms with E-state index < -0.39 is 18.7 Å². The van der Waals surface area contributed by atoms with Crippen LogP contribution in [0, 0.1) is 5.82 Å². The van der Waals surface area contributed by atoms with Crippen LogP contribution in [0.2, 0.25) is 0 Å². The van der Waals surface area contributed by atoms with Crippen LogP contribution in [0.4, 0.5) is 13.2 Å². The number of hydrogen-bond donors (Lipinski definition) is 1. The first kappa shape index (κ1) is 12.2. The lowest BCUT2D eigenvalue weighted by Crippen LogP contribution is -2.43. The van der Waals surface area contributed by atoms with Crippen molar-refractivity contribution in [1.29, 1.82) is 0 Å². The topological polar surface area (TPSA) is 35.2 Å². The molecule has 0 heterocycles. The maximum absolute atomic E-state index is 13.2. The van der Waals surface area contributed by atoms with Crippen molar-refractivity contribution in [3.63, 3.8) is 0 Å². The lowest BCUT2D eigenvalue weighted by molar-refractivity contribution is 0.100. The molecule has 1 saturated carbocycles. The van der Waals surface area contributed by atoms with E-state index in [0.29, 0.717) is 5.75 Å². The van der Waals surface area contributed by atoms with Crippen LogP contribution in [0.1, 0.15) is 24.6 Å². The molecule has 94 valence electrons. The molecule has 5 heteroatoms. The minimum absolute atomic E-state index is 0.00764. The summed E-state index contributed by atoms with van der Waals surface area (Å²) >= 11 is 0. The number of ether oxygens (including phenoxy) is 1. The fourth-order valence-corrected chi connectivity index (χ4v) is 1.81. The minimum atomic E-state index is -1.94. The van der Waals surface area contributed by atoms with Crippen LogP contribution < -0.4 is 10.5 Å². The van der Waals surface area contributed by atoms with Gasteiger partial charge in [0.2, 0.25) is 0 Å². The van der Waals surface area contributed by atoms with E-state index in [0.717, 1.165) is 18.9 Å². The SMILES string of the molecule is NC1CC(Oc2ccc(F)c([C@@H](F)CF)c2)C1. The highest BCUT2D eigenvalue weighted by atomic mass is 19.2. The van der Waals surface area contributed by atoms with E-state index in [2.05, 4.69) is 0 Å². The summed E-state index contributed by atoms with van der Waals surface area (Å²) in [5.41, 5.74) is 5.30. The van der Waals surface area contributed by atoms with Crippen LogP contribution in [-0.4, -0.2) is 18.8 Å². The fourth-order valence-electron chi connectivity index (χ4n) is 1.81. The largest absolute Gasteiger partial charge is 0.490 e. The van der Waals surface area contributed by atoms with Crippen LogP contribution >= 0.6 is 0 Å². The molecule has 17 heavy (non-hydrogen) atoms. The third-order valence-corrected chi connectivity index (χ3v) is 2.87. The predicted octanol–water partition coefficient (Wildman–Crippen LogP) is 2.67. The van der Waals surface area contributed by atoms with Gasteiger partial charge in [0.1, 0.15) is 24.3 Å². The van der Waals surface area contributed by atoms with Crippen molar-refractivity contribution in [2.45, 2.75) is 31.2 Å². The molecule has 0 aliphatic heterocycles. The van der Waals surface area contributed by atoms with Crippen LogP contribution in [0.5, 0.6) is 5.75 Å². The van der Waals surface area contributed by atoms with Gasteiger partial charge in [0.25, 0.3) is 0 Å². The first-order valence-corrected chi connectivity index (χ1v) is 5.52. The van der Waals surface area contributed by atoms with Crippen molar-refractivity contribution in [3.8, 4) is 5.75 Å². The molecule has 1 aromatic carbocycles. The average Bonchev–Trinajstić information content (AvgIpc) is 2.28. The molecule has 1 aliphatic carbocycles. The Balaban J connectivity index is 2.08. The quantitative estimate of drug-likeness (QED) is 0.885. The zero-order chi connectivity index (χ0) is 12.4. The highest BCUT2D eigenvalue weighted by Gasteiger charge is 2.28. The van der Waals surface area contributed by atoms with E-state index in [4.69, 9.17) is 10.5 Å². The Hall–Kier alpha value is -1.23. The van der Waals surface area contributed by atoms with Crippen molar-refractivity contribution >= 4 is 0 Å². The summed E-state index contributed by atoms with van der Waals surface area (Å²) in [6.45, 7) is -1.24. The molecule has 0 unspecified atom stereocenters. The first-order valence-electron chi connectivity index (χ1n) is 5.52. The minimum Gasteiger partial charge on any atom is -0.490 e. The van der Waals surface area contributed by atoms with E-state index in [1.165, 1.54) is 12.1 Å². The Morgan fingerprint density at radius 3 is 2.71 bits per heavy atom. The van der Waals surface area contributed by atoms with Gasteiger partial charge in [-0.1, -0.05) is 0 Å². The van der Waals surface area contributed by atoms with Gasteiger partial charge in [-0.15, -0.1) is 0 Å². The highest BCUT2D eigenvalue weighted by Crippen LogP contribution is 2.29. The zero-order valence-corrected chi connectivity index (χ0v) is 9.20. The normalized spacial score (nSPS) is 25.2. The summed E-state index contributed by atoms with van der Waals surface area (Å²) in [7, 11) is 0. The van der Waals surface area contributed by atoms with E-state index in [-0.39, 0.29) is 17.7 Å². The Morgan fingerprint density at radius 1 is 1.41 bits per heavy atom. The predicted molar refractivity (Wildman–Crippen MR) is 57.8 cm³/mol. The molecular formula is C12H14F3NO. The van der Waals surface area contributed by atoms with Gasteiger partial charge in [0.05, 0.1) is 0 Å². The zero-order valence-electron chi connectivity index (χ0n) is 9.20. The number of halogens is 3. The van der Waals surface area contributed by atoms with Gasteiger partial charge in [0.15, 0.2) is 6.17 Å². The number of benzene rings is 1. The molecule has 2 rings (SSSR count). The molecular weight excluding hydrogens is 231 g/mol. The Kier molecular flexibility index (Phi) is 3.57. The van der Waals surface area contributed by atoms with Gasteiger partial charge < -0.3 is 10.5 Å². The number of alkyl halides is 2. The summed E-state index contributed by atoms with van der Waals surface area (Å²) in [4.78, 5) is 0. The Morgan fingerprint density at radius 2 is 2.12 bits per heavy atom. The van der Waals surface area contributed by atoms with Gasteiger partial charge in [-0.2, -0.15) is 0 Å². The molecule has 1 aliphatic rings. The number of hydrogen-bond acceptors (Lipinski definition) is 2. The Bertz CT molecular complexity index is 393. The summed E-state index contributed by atoms with van der Waals surface area (Å²) in [6.07, 6.45) is -0.488. The molecule has 0 bridgehead atoms. The summed E-state index contributed by atoms with van der Waals surface area (Å²) in [5.74, 6) is -0.401. The van der Waals surface area contributed by atoms with Crippen molar-refractivity contribution in [3.05, 3.63) is 29.6 Å². The average molecular weight is 245 g/mol. The van der Waals surface area contributed by atoms with Gasteiger partial charge in [-0.25, -0.2) is 13.2 Å². The van der Waals surface area contributed by atoms with Crippen LogP contribution in [0.25, 0.3) is 0 Å².